The molecule has 0 bridgehead atoms. The van der Waals surface area contributed by atoms with Crippen molar-refractivity contribution in [2.45, 2.75) is 32.1 Å². The van der Waals surface area contributed by atoms with E-state index in [1.807, 2.05) is 18.2 Å². The molecule has 0 spiro atoms. The molecule has 2 rings (SSSR count). The van der Waals surface area contributed by atoms with Gasteiger partial charge in [0.2, 0.25) is 5.91 Å². The van der Waals surface area contributed by atoms with Gasteiger partial charge < -0.3 is 10.6 Å². The molecule has 1 amide bonds. The first-order valence-electron chi connectivity index (χ1n) is 7.28. The lowest BCUT2D eigenvalue weighted by Gasteiger charge is -2.22. The lowest BCUT2D eigenvalue weighted by molar-refractivity contribution is -0.122. The Morgan fingerprint density at radius 1 is 1.32 bits per heavy atom. The van der Waals surface area contributed by atoms with Crippen LogP contribution in [0, 0.1) is 5.92 Å². The minimum atomic E-state index is 0.203. The van der Waals surface area contributed by atoms with Gasteiger partial charge in [-0.15, -0.1) is 0 Å². The molecule has 0 saturated carbocycles. The second-order valence-corrected chi connectivity index (χ2v) is 5.51. The average Bonchev–Trinajstić information content (AvgIpc) is 2.47. The standard InChI is InChI=1S/C16H24N2O/c1-13(15-5-3-2-4-6-15)12-18-16(19)11-14-7-9-17-10-8-14/h2-6,13-14,17H,7-12H2,1H3,(H,18,19)/t13-/m0/s1. The second kappa shape index (κ2) is 7.29. The van der Waals surface area contributed by atoms with Crippen LogP contribution in [0.3, 0.4) is 0 Å². The molecule has 1 saturated heterocycles. The molecule has 0 aromatic heterocycles. The zero-order valence-corrected chi connectivity index (χ0v) is 11.7. The van der Waals surface area contributed by atoms with Gasteiger partial charge in [0.25, 0.3) is 0 Å². The summed E-state index contributed by atoms with van der Waals surface area (Å²) in [7, 11) is 0. The van der Waals surface area contributed by atoms with E-state index in [1.165, 1.54) is 5.56 Å². The van der Waals surface area contributed by atoms with Crippen molar-refractivity contribution in [2.75, 3.05) is 19.6 Å². The average molecular weight is 260 g/mol. The van der Waals surface area contributed by atoms with Crippen molar-refractivity contribution in [1.82, 2.24) is 10.6 Å². The molecule has 104 valence electrons. The molecule has 3 heteroatoms. The summed E-state index contributed by atoms with van der Waals surface area (Å²) in [4.78, 5) is 11.9. The number of hydrogen-bond donors (Lipinski definition) is 2. The van der Waals surface area contributed by atoms with E-state index in [0.717, 1.165) is 32.5 Å². The van der Waals surface area contributed by atoms with Crippen LogP contribution in [0.25, 0.3) is 0 Å². The molecule has 1 aromatic carbocycles. The lowest BCUT2D eigenvalue weighted by atomic mass is 9.94. The Morgan fingerprint density at radius 2 is 2.00 bits per heavy atom. The van der Waals surface area contributed by atoms with E-state index >= 15 is 0 Å². The zero-order valence-electron chi connectivity index (χ0n) is 11.7. The van der Waals surface area contributed by atoms with Gasteiger partial charge in [-0.3, -0.25) is 4.79 Å². The van der Waals surface area contributed by atoms with Crippen LogP contribution in [-0.4, -0.2) is 25.5 Å². The summed E-state index contributed by atoms with van der Waals surface area (Å²) < 4.78 is 0. The zero-order chi connectivity index (χ0) is 13.5. The van der Waals surface area contributed by atoms with Gasteiger partial charge in [-0.25, -0.2) is 0 Å². The predicted octanol–water partition coefficient (Wildman–Crippen LogP) is 2.30. The normalized spacial score (nSPS) is 17.9. The molecule has 0 unspecified atom stereocenters. The number of benzene rings is 1. The van der Waals surface area contributed by atoms with Crippen LogP contribution in [0.15, 0.2) is 30.3 Å². The van der Waals surface area contributed by atoms with Gasteiger partial charge in [-0.05, 0) is 43.3 Å². The van der Waals surface area contributed by atoms with Crippen LogP contribution in [0.5, 0.6) is 0 Å². The number of carbonyl (C=O) groups excluding carboxylic acids is 1. The van der Waals surface area contributed by atoms with E-state index in [1.54, 1.807) is 0 Å². The van der Waals surface area contributed by atoms with Crippen molar-refractivity contribution < 1.29 is 4.79 Å². The molecule has 1 heterocycles. The van der Waals surface area contributed by atoms with Crippen LogP contribution in [-0.2, 0) is 4.79 Å². The van der Waals surface area contributed by atoms with E-state index in [2.05, 4.69) is 29.7 Å². The third-order valence-electron chi connectivity index (χ3n) is 3.91. The smallest absolute Gasteiger partial charge is 0.220 e. The van der Waals surface area contributed by atoms with E-state index in [-0.39, 0.29) is 5.91 Å². The van der Waals surface area contributed by atoms with Crippen LogP contribution >= 0.6 is 0 Å². The summed E-state index contributed by atoms with van der Waals surface area (Å²) in [6, 6.07) is 10.3. The van der Waals surface area contributed by atoms with Crippen molar-refractivity contribution in [3.8, 4) is 0 Å². The molecule has 1 aliphatic rings. The summed E-state index contributed by atoms with van der Waals surface area (Å²) in [5.41, 5.74) is 1.28. The van der Waals surface area contributed by atoms with Crippen molar-refractivity contribution in [1.29, 1.82) is 0 Å². The van der Waals surface area contributed by atoms with E-state index in [0.29, 0.717) is 18.3 Å². The second-order valence-electron chi connectivity index (χ2n) is 5.51. The summed E-state index contributed by atoms with van der Waals surface area (Å²) in [5, 5.41) is 6.40. The number of amides is 1. The Kier molecular flexibility index (Phi) is 5.40. The third-order valence-corrected chi connectivity index (χ3v) is 3.91. The van der Waals surface area contributed by atoms with Crippen LogP contribution in [0.4, 0.5) is 0 Å². The monoisotopic (exact) mass is 260 g/mol. The van der Waals surface area contributed by atoms with Crippen molar-refractivity contribution in [2.24, 2.45) is 5.92 Å². The largest absolute Gasteiger partial charge is 0.355 e. The fourth-order valence-electron chi connectivity index (χ4n) is 2.59. The van der Waals surface area contributed by atoms with Gasteiger partial charge in [0, 0.05) is 13.0 Å². The fourth-order valence-corrected chi connectivity index (χ4v) is 2.59. The Bertz CT molecular complexity index is 385. The van der Waals surface area contributed by atoms with Crippen molar-refractivity contribution >= 4 is 5.91 Å². The van der Waals surface area contributed by atoms with Gasteiger partial charge in [-0.2, -0.15) is 0 Å². The summed E-state index contributed by atoms with van der Waals surface area (Å²) in [6.07, 6.45) is 2.94. The summed E-state index contributed by atoms with van der Waals surface area (Å²) in [6.45, 7) is 4.99. The summed E-state index contributed by atoms with van der Waals surface area (Å²) in [5.74, 6) is 1.14. The molecule has 0 radical (unpaired) electrons. The first-order chi connectivity index (χ1) is 9.25. The van der Waals surface area contributed by atoms with Gasteiger partial charge in [0.15, 0.2) is 0 Å². The third kappa shape index (κ3) is 4.67. The topological polar surface area (TPSA) is 41.1 Å². The van der Waals surface area contributed by atoms with E-state index in [9.17, 15) is 4.79 Å². The minimum absolute atomic E-state index is 0.203. The van der Waals surface area contributed by atoms with Gasteiger partial charge in [0.1, 0.15) is 0 Å². The first kappa shape index (κ1) is 14.1. The van der Waals surface area contributed by atoms with Gasteiger partial charge in [-0.1, -0.05) is 37.3 Å². The highest BCUT2D eigenvalue weighted by Gasteiger charge is 2.17. The molecule has 1 atom stereocenters. The number of rotatable bonds is 5. The maximum Gasteiger partial charge on any atom is 0.220 e. The SMILES string of the molecule is C[C@@H](CNC(=O)CC1CCNCC1)c1ccccc1. The fraction of sp³-hybridized carbons (Fsp3) is 0.562. The van der Waals surface area contributed by atoms with Crippen LogP contribution in [0.1, 0.15) is 37.7 Å². The molecule has 0 aliphatic carbocycles. The van der Waals surface area contributed by atoms with Crippen LogP contribution in [0.2, 0.25) is 0 Å². The Hall–Kier alpha value is -1.35. The van der Waals surface area contributed by atoms with E-state index < -0.39 is 0 Å². The number of carbonyl (C=O) groups is 1. The molecule has 19 heavy (non-hydrogen) atoms. The van der Waals surface area contributed by atoms with Gasteiger partial charge in [0.05, 0.1) is 0 Å². The maximum absolute atomic E-state index is 11.9. The van der Waals surface area contributed by atoms with Gasteiger partial charge >= 0.3 is 0 Å². The Balaban J connectivity index is 1.71. The Labute approximate surface area is 115 Å². The molecule has 3 nitrogen and oxygen atoms in total. The molecular formula is C16H24N2O. The molecule has 1 aromatic rings. The number of hydrogen-bond acceptors (Lipinski definition) is 2. The van der Waals surface area contributed by atoms with Crippen molar-refractivity contribution in [3.05, 3.63) is 35.9 Å². The highest BCUT2D eigenvalue weighted by molar-refractivity contribution is 5.76. The highest BCUT2D eigenvalue weighted by atomic mass is 16.1. The maximum atomic E-state index is 11.9. The number of nitrogens with one attached hydrogen (secondary N) is 2. The number of piperidine rings is 1. The quantitative estimate of drug-likeness (QED) is 0.853. The first-order valence-corrected chi connectivity index (χ1v) is 7.28. The lowest BCUT2D eigenvalue weighted by Crippen LogP contribution is -2.33. The van der Waals surface area contributed by atoms with E-state index in [4.69, 9.17) is 0 Å². The molecule has 2 N–H and O–H groups in total. The van der Waals surface area contributed by atoms with Crippen LogP contribution < -0.4 is 10.6 Å². The molecule has 1 aliphatic heterocycles. The predicted molar refractivity (Wildman–Crippen MR) is 78.1 cm³/mol. The highest BCUT2D eigenvalue weighted by Crippen LogP contribution is 2.16. The molecule has 1 fully saturated rings. The molecular weight excluding hydrogens is 236 g/mol. The Morgan fingerprint density at radius 3 is 2.68 bits per heavy atom. The van der Waals surface area contributed by atoms with Crippen molar-refractivity contribution in [3.63, 3.8) is 0 Å². The summed E-state index contributed by atoms with van der Waals surface area (Å²) >= 11 is 0. The minimum Gasteiger partial charge on any atom is -0.355 e.